The molecule has 0 heterocycles. The minimum Gasteiger partial charge on any atom is -0.496 e. The molecule has 0 aliphatic heterocycles. The third-order valence-electron chi connectivity index (χ3n) is 2.65. The summed E-state index contributed by atoms with van der Waals surface area (Å²) < 4.78 is 17.2. The molecule has 1 aromatic rings. The standard InChI is InChI=1S/C12H17FO/c1-9-10(2)12(14-3)7-6-11(9)5-4-8-13/h6-7H,4-5,8H2,1-3H3. The molecule has 0 amide bonds. The Labute approximate surface area is 84.9 Å². The van der Waals surface area contributed by atoms with Crippen molar-refractivity contribution in [1.82, 2.24) is 0 Å². The molecule has 0 N–H and O–H groups in total. The number of methoxy groups -OCH3 is 1. The van der Waals surface area contributed by atoms with Crippen molar-refractivity contribution >= 4 is 0 Å². The van der Waals surface area contributed by atoms with Crippen LogP contribution in [0.15, 0.2) is 12.1 Å². The van der Waals surface area contributed by atoms with Gasteiger partial charge in [0.15, 0.2) is 0 Å². The highest BCUT2D eigenvalue weighted by Gasteiger charge is 2.05. The fourth-order valence-electron chi connectivity index (χ4n) is 1.60. The molecule has 78 valence electrons. The Balaban J connectivity index is 2.92. The normalized spacial score (nSPS) is 10.3. The third kappa shape index (κ3) is 2.25. The molecule has 0 radical (unpaired) electrons. The lowest BCUT2D eigenvalue weighted by atomic mass is 9.99. The Morgan fingerprint density at radius 3 is 2.50 bits per heavy atom. The van der Waals surface area contributed by atoms with E-state index in [1.807, 2.05) is 19.1 Å². The van der Waals surface area contributed by atoms with Crippen LogP contribution in [0.5, 0.6) is 5.75 Å². The van der Waals surface area contributed by atoms with Crippen molar-refractivity contribution in [3.05, 3.63) is 28.8 Å². The van der Waals surface area contributed by atoms with Crippen LogP contribution in [-0.2, 0) is 6.42 Å². The van der Waals surface area contributed by atoms with Crippen molar-refractivity contribution in [2.75, 3.05) is 13.8 Å². The number of alkyl halides is 1. The van der Waals surface area contributed by atoms with Gasteiger partial charge in [0.1, 0.15) is 5.75 Å². The minimum absolute atomic E-state index is 0.246. The molecule has 0 bridgehead atoms. The first-order valence-electron chi connectivity index (χ1n) is 4.89. The summed E-state index contributed by atoms with van der Waals surface area (Å²) in [4.78, 5) is 0. The maximum Gasteiger partial charge on any atom is 0.122 e. The van der Waals surface area contributed by atoms with Crippen LogP contribution in [0.3, 0.4) is 0 Å². The number of hydrogen-bond donors (Lipinski definition) is 0. The maximum absolute atomic E-state index is 12.0. The molecular formula is C12H17FO. The number of hydrogen-bond acceptors (Lipinski definition) is 1. The van der Waals surface area contributed by atoms with Gasteiger partial charge in [-0.3, -0.25) is 4.39 Å². The number of benzene rings is 1. The molecule has 0 saturated carbocycles. The summed E-state index contributed by atoms with van der Waals surface area (Å²) in [7, 11) is 1.67. The molecule has 0 unspecified atom stereocenters. The topological polar surface area (TPSA) is 9.23 Å². The van der Waals surface area contributed by atoms with E-state index in [2.05, 4.69) is 6.92 Å². The highest BCUT2D eigenvalue weighted by molar-refractivity contribution is 5.43. The van der Waals surface area contributed by atoms with Crippen LogP contribution < -0.4 is 4.74 Å². The lowest BCUT2D eigenvalue weighted by molar-refractivity contribution is 0.411. The van der Waals surface area contributed by atoms with Gasteiger partial charge in [0.25, 0.3) is 0 Å². The number of halogens is 1. The second kappa shape index (κ2) is 4.99. The summed E-state index contributed by atoms with van der Waals surface area (Å²) in [5.41, 5.74) is 3.60. The molecule has 0 fully saturated rings. The summed E-state index contributed by atoms with van der Waals surface area (Å²) in [6.07, 6.45) is 1.42. The molecule has 0 saturated heterocycles. The summed E-state index contributed by atoms with van der Waals surface area (Å²) in [6, 6.07) is 3.98. The van der Waals surface area contributed by atoms with E-state index in [4.69, 9.17) is 4.74 Å². The average molecular weight is 196 g/mol. The van der Waals surface area contributed by atoms with Crippen molar-refractivity contribution in [3.63, 3.8) is 0 Å². The maximum atomic E-state index is 12.0. The van der Waals surface area contributed by atoms with Gasteiger partial charge >= 0.3 is 0 Å². The van der Waals surface area contributed by atoms with E-state index in [0.717, 1.165) is 17.7 Å². The lowest BCUT2D eigenvalue weighted by Gasteiger charge is -2.11. The molecule has 0 spiro atoms. The first kappa shape index (κ1) is 11.0. The van der Waals surface area contributed by atoms with Gasteiger partial charge in [-0.15, -0.1) is 0 Å². The Hall–Kier alpha value is -1.05. The molecule has 1 nitrogen and oxygen atoms in total. The van der Waals surface area contributed by atoms with Crippen molar-refractivity contribution in [1.29, 1.82) is 0 Å². The first-order valence-corrected chi connectivity index (χ1v) is 4.89. The molecule has 0 aliphatic rings. The Bertz CT molecular complexity index is 307. The minimum atomic E-state index is -0.246. The van der Waals surface area contributed by atoms with Gasteiger partial charge in [0.05, 0.1) is 13.8 Å². The van der Waals surface area contributed by atoms with Crippen LogP contribution in [0, 0.1) is 13.8 Å². The fourth-order valence-corrected chi connectivity index (χ4v) is 1.60. The summed E-state index contributed by atoms with van der Waals surface area (Å²) >= 11 is 0. The van der Waals surface area contributed by atoms with E-state index in [0.29, 0.717) is 6.42 Å². The molecule has 0 atom stereocenters. The monoisotopic (exact) mass is 196 g/mol. The number of ether oxygens (including phenoxy) is 1. The van der Waals surface area contributed by atoms with E-state index in [1.54, 1.807) is 7.11 Å². The van der Waals surface area contributed by atoms with Gasteiger partial charge in [-0.05, 0) is 49.4 Å². The zero-order valence-corrected chi connectivity index (χ0v) is 9.06. The zero-order chi connectivity index (χ0) is 10.6. The predicted molar refractivity (Wildman–Crippen MR) is 56.8 cm³/mol. The number of rotatable bonds is 4. The Kier molecular flexibility index (Phi) is 3.93. The molecule has 0 aliphatic carbocycles. The van der Waals surface area contributed by atoms with Gasteiger partial charge in [0, 0.05) is 0 Å². The predicted octanol–water partition coefficient (Wildman–Crippen LogP) is 3.21. The second-order valence-electron chi connectivity index (χ2n) is 3.47. The molecule has 14 heavy (non-hydrogen) atoms. The molecule has 2 heteroatoms. The van der Waals surface area contributed by atoms with Crippen LogP contribution in [0.2, 0.25) is 0 Å². The second-order valence-corrected chi connectivity index (χ2v) is 3.47. The summed E-state index contributed by atoms with van der Waals surface area (Å²) in [6.45, 7) is 3.85. The van der Waals surface area contributed by atoms with E-state index in [-0.39, 0.29) is 6.67 Å². The highest BCUT2D eigenvalue weighted by atomic mass is 19.1. The van der Waals surface area contributed by atoms with Crippen molar-refractivity contribution < 1.29 is 9.13 Å². The first-order chi connectivity index (χ1) is 6.70. The van der Waals surface area contributed by atoms with Crippen molar-refractivity contribution in [2.45, 2.75) is 26.7 Å². The SMILES string of the molecule is COc1ccc(CCCF)c(C)c1C. The van der Waals surface area contributed by atoms with Crippen molar-refractivity contribution in [2.24, 2.45) is 0 Å². The van der Waals surface area contributed by atoms with Gasteiger partial charge < -0.3 is 4.74 Å². The smallest absolute Gasteiger partial charge is 0.122 e. The van der Waals surface area contributed by atoms with Crippen LogP contribution in [-0.4, -0.2) is 13.8 Å². The zero-order valence-electron chi connectivity index (χ0n) is 9.06. The van der Waals surface area contributed by atoms with Crippen molar-refractivity contribution in [3.8, 4) is 5.75 Å². The number of aryl methyl sites for hydroxylation is 1. The molecular weight excluding hydrogens is 179 g/mol. The molecule has 1 rings (SSSR count). The van der Waals surface area contributed by atoms with E-state index >= 15 is 0 Å². The Morgan fingerprint density at radius 2 is 1.93 bits per heavy atom. The third-order valence-corrected chi connectivity index (χ3v) is 2.65. The molecule has 0 aromatic heterocycles. The van der Waals surface area contributed by atoms with E-state index in [9.17, 15) is 4.39 Å². The van der Waals surface area contributed by atoms with Crippen LogP contribution in [0.1, 0.15) is 23.1 Å². The van der Waals surface area contributed by atoms with Crippen LogP contribution in [0.25, 0.3) is 0 Å². The summed E-state index contributed by atoms with van der Waals surface area (Å²) in [5.74, 6) is 0.909. The van der Waals surface area contributed by atoms with Gasteiger partial charge in [-0.1, -0.05) is 6.07 Å². The van der Waals surface area contributed by atoms with Crippen LogP contribution >= 0.6 is 0 Å². The largest absolute Gasteiger partial charge is 0.496 e. The lowest BCUT2D eigenvalue weighted by Crippen LogP contribution is -1.96. The van der Waals surface area contributed by atoms with E-state index in [1.165, 1.54) is 11.1 Å². The van der Waals surface area contributed by atoms with Gasteiger partial charge in [0.2, 0.25) is 0 Å². The van der Waals surface area contributed by atoms with E-state index < -0.39 is 0 Å². The summed E-state index contributed by atoms with van der Waals surface area (Å²) in [5, 5.41) is 0. The van der Waals surface area contributed by atoms with Gasteiger partial charge in [-0.2, -0.15) is 0 Å². The molecule has 1 aromatic carbocycles. The highest BCUT2D eigenvalue weighted by Crippen LogP contribution is 2.24. The van der Waals surface area contributed by atoms with Gasteiger partial charge in [-0.25, -0.2) is 0 Å². The fraction of sp³-hybridized carbons (Fsp3) is 0.500. The average Bonchev–Trinajstić information content (AvgIpc) is 2.20. The Morgan fingerprint density at radius 1 is 1.21 bits per heavy atom. The quantitative estimate of drug-likeness (QED) is 0.718. The van der Waals surface area contributed by atoms with Crippen LogP contribution in [0.4, 0.5) is 4.39 Å².